The first-order chi connectivity index (χ1) is 7.36. The van der Waals surface area contributed by atoms with Crippen LogP contribution in [0.2, 0.25) is 0 Å². The van der Waals surface area contributed by atoms with Gasteiger partial charge in [-0.15, -0.1) is 0 Å². The smallest absolute Gasteiger partial charge is 0.0576 e. The summed E-state index contributed by atoms with van der Waals surface area (Å²) in [5, 5.41) is 3.16. The Morgan fingerprint density at radius 1 is 1.27 bits per heavy atom. The van der Waals surface area contributed by atoms with E-state index >= 15 is 0 Å². The molecule has 0 bridgehead atoms. The van der Waals surface area contributed by atoms with Crippen molar-refractivity contribution in [3.05, 3.63) is 29.6 Å². The highest BCUT2D eigenvalue weighted by atomic mass is 14.8. The molecule has 1 N–H and O–H groups in total. The highest BCUT2D eigenvalue weighted by molar-refractivity contribution is 5.18. The van der Waals surface area contributed by atoms with Crippen LogP contribution in [0.15, 0.2) is 18.3 Å². The molecule has 0 aliphatic rings. The fourth-order valence-electron chi connectivity index (χ4n) is 1.17. The molecule has 0 amide bonds. The van der Waals surface area contributed by atoms with Crippen molar-refractivity contribution in [3.8, 4) is 11.8 Å². The minimum Gasteiger partial charge on any atom is -0.307 e. The zero-order valence-corrected chi connectivity index (χ0v) is 9.51. The Kier molecular flexibility index (Phi) is 5.50. The van der Waals surface area contributed by atoms with E-state index in [9.17, 15) is 0 Å². The van der Waals surface area contributed by atoms with Crippen LogP contribution in [0.25, 0.3) is 0 Å². The van der Waals surface area contributed by atoms with Crippen molar-refractivity contribution >= 4 is 0 Å². The lowest BCUT2D eigenvalue weighted by molar-refractivity contribution is 0.810. The summed E-state index contributed by atoms with van der Waals surface area (Å²) in [4.78, 5) is 4.34. The predicted octanol–water partition coefficient (Wildman–Crippen LogP) is 1.80. The Hall–Kier alpha value is -1.33. The SMILES string of the molecule is CCNCC#CCc1ccc(CC)cn1. The molecule has 0 radical (unpaired) electrons. The quantitative estimate of drug-likeness (QED) is 0.595. The van der Waals surface area contributed by atoms with Gasteiger partial charge in [-0.25, -0.2) is 0 Å². The molecule has 0 unspecified atom stereocenters. The molecule has 0 atom stereocenters. The molecule has 80 valence electrons. The average Bonchev–Trinajstić information content (AvgIpc) is 2.30. The Balaban J connectivity index is 2.39. The van der Waals surface area contributed by atoms with E-state index in [1.165, 1.54) is 5.56 Å². The van der Waals surface area contributed by atoms with Crippen LogP contribution in [0, 0.1) is 11.8 Å². The third-order valence-corrected chi connectivity index (χ3v) is 2.15. The van der Waals surface area contributed by atoms with Gasteiger partial charge in [0.15, 0.2) is 0 Å². The highest BCUT2D eigenvalue weighted by Gasteiger charge is 1.91. The van der Waals surface area contributed by atoms with E-state index in [-0.39, 0.29) is 0 Å². The van der Waals surface area contributed by atoms with Crippen LogP contribution >= 0.6 is 0 Å². The maximum Gasteiger partial charge on any atom is 0.0576 e. The molecule has 1 heterocycles. The molecule has 0 saturated heterocycles. The monoisotopic (exact) mass is 202 g/mol. The lowest BCUT2D eigenvalue weighted by Crippen LogP contribution is -2.11. The first-order valence-electron chi connectivity index (χ1n) is 5.47. The largest absolute Gasteiger partial charge is 0.307 e. The molecular weight excluding hydrogens is 184 g/mol. The summed E-state index contributed by atoms with van der Waals surface area (Å²) < 4.78 is 0. The second kappa shape index (κ2) is 7.03. The number of hydrogen-bond donors (Lipinski definition) is 1. The molecule has 2 nitrogen and oxygen atoms in total. The Morgan fingerprint density at radius 3 is 2.73 bits per heavy atom. The normalized spacial score (nSPS) is 9.47. The Labute approximate surface area is 92.1 Å². The number of nitrogens with zero attached hydrogens (tertiary/aromatic N) is 1. The molecule has 0 aliphatic carbocycles. The zero-order chi connectivity index (χ0) is 10.9. The fourth-order valence-corrected chi connectivity index (χ4v) is 1.17. The maximum atomic E-state index is 4.34. The average molecular weight is 202 g/mol. The minimum absolute atomic E-state index is 0.745. The zero-order valence-electron chi connectivity index (χ0n) is 9.51. The molecule has 1 aromatic heterocycles. The number of rotatable bonds is 4. The van der Waals surface area contributed by atoms with Crippen molar-refractivity contribution in [1.29, 1.82) is 0 Å². The second-order valence-corrected chi connectivity index (χ2v) is 3.32. The van der Waals surface area contributed by atoms with E-state index in [0.717, 1.165) is 31.6 Å². The van der Waals surface area contributed by atoms with Gasteiger partial charge in [0.05, 0.1) is 18.7 Å². The summed E-state index contributed by atoms with van der Waals surface area (Å²) in [6.07, 6.45) is 3.72. The van der Waals surface area contributed by atoms with E-state index in [1.807, 2.05) is 6.20 Å². The first-order valence-corrected chi connectivity index (χ1v) is 5.47. The van der Waals surface area contributed by atoms with Crippen molar-refractivity contribution < 1.29 is 0 Å². The number of aromatic nitrogens is 1. The molecule has 0 fully saturated rings. The van der Waals surface area contributed by atoms with Gasteiger partial charge in [0.2, 0.25) is 0 Å². The highest BCUT2D eigenvalue weighted by Crippen LogP contribution is 2.00. The number of hydrogen-bond acceptors (Lipinski definition) is 2. The van der Waals surface area contributed by atoms with Gasteiger partial charge < -0.3 is 5.32 Å². The van der Waals surface area contributed by atoms with Gasteiger partial charge in [-0.05, 0) is 24.6 Å². The van der Waals surface area contributed by atoms with E-state index < -0.39 is 0 Å². The van der Waals surface area contributed by atoms with Gasteiger partial charge in [0.1, 0.15) is 0 Å². The molecule has 2 heteroatoms. The van der Waals surface area contributed by atoms with Crippen molar-refractivity contribution in [2.75, 3.05) is 13.1 Å². The third-order valence-electron chi connectivity index (χ3n) is 2.15. The van der Waals surface area contributed by atoms with Gasteiger partial charge >= 0.3 is 0 Å². The summed E-state index contributed by atoms with van der Waals surface area (Å²) in [6.45, 7) is 5.95. The molecule has 0 saturated carbocycles. The van der Waals surface area contributed by atoms with Crippen LogP contribution in [-0.4, -0.2) is 18.1 Å². The number of nitrogens with one attached hydrogen (secondary N) is 1. The van der Waals surface area contributed by atoms with E-state index in [2.05, 4.69) is 48.1 Å². The van der Waals surface area contributed by atoms with E-state index in [0.29, 0.717) is 0 Å². The maximum absolute atomic E-state index is 4.34. The summed E-state index contributed by atoms with van der Waals surface area (Å²) in [7, 11) is 0. The van der Waals surface area contributed by atoms with E-state index in [1.54, 1.807) is 0 Å². The number of pyridine rings is 1. The number of aryl methyl sites for hydroxylation is 1. The third kappa shape index (κ3) is 4.62. The summed E-state index contributed by atoms with van der Waals surface area (Å²) in [5.74, 6) is 6.16. The lowest BCUT2D eigenvalue weighted by Gasteiger charge is -1.97. The molecule has 1 rings (SSSR count). The molecule has 0 aromatic carbocycles. The standard InChI is InChI=1S/C13H18N2/c1-3-12-8-9-13(15-11-12)7-5-6-10-14-4-2/h8-9,11,14H,3-4,7,10H2,1-2H3. The van der Waals surface area contributed by atoms with Gasteiger partial charge in [-0.1, -0.05) is 31.8 Å². The van der Waals surface area contributed by atoms with Crippen molar-refractivity contribution in [3.63, 3.8) is 0 Å². The molecule has 0 aliphatic heterocycles. The van der Waals surface area contributed by atoms with Crippen LogP contribution in [0.1, 0.15) is 25.1 Å². The van der Waals surface area contributed by atoms with Crippen LogP contribution in [0.4, 0.5) is 0 Å². The van der Waals surface area contributed by atoms with Crippen LogP contribution in [-0.2, 0) is 12.8 Å². The fraction of sp³-hybridized carbons (Fsp3) is 0.462. The van der Waals surface area contributed by atoms with Crippen LogP contribution in [0.3, 0.4) is 0 Å². The molecular formula is C13H18N2. The van der Waals surface area contributed by atoms with Gasteiger partial charge in [-0.2, -0.15) is 0 Å². The van der Waals surface area contributed by atoms with Crippen molar-refractivity contribution in [2.45, 2.75) is 26.7 Å². The first kappa shape index (κ1) is 11.7. The molecule has 0 spiro atoms. The topological polar surface area (TPSA) is 24.9 Å². The summed E-state index contributed by atoms with van der Waals surface area (Å²) in [6, 6.07) is 4.18. The molecule has 15 heavy (non-hydrogen) atoms. The van der Waals surface area contributed by atoms with Crippen molar-refractivity contribution in [2.24, 2.45) is 0 Å². The van der Waals surface area contributed by atoms with Crippen molar-refractivity contribution in [1.82, 2.24) is 10.3 Å². The van der Waals surface area contributed by atoms with Crippen LogP contribution in [0.5, 0.6) is 0 Å². The Morgan fingerprint density at radius 2 is 2.13 bits per heavy atom. The molecule has 1 aromatic rings. The summed E-state index contributed by atoms with van der Waals surface area (Å²) in [5.41, 5.74) is 2.33. The summed E-state index contributed by atoms with van der Waals surface area (Å²) >= 11 is 0. The van der Waals surface area contributed by atoms with Gasteiger partial charge in [0.25, 0.3) is 0 Å². The van der Waals surface area contributed by atoms with Gasteiger partial charge in [0, 0.05) is 6.20 Å². The Bertz CT molecular complexity index is 330. The predicted molar refractivity (Wildman–Crippen MR) is 63.6 cm³/mol. The minimum atomic E-state index is 0.745. The second-order valence-electron chi connectivity index (χ2n) is 3.32. The lowest BCUT2D eigenvalue weighted by atomic mass is 10.2. The van der Waals surface area contributed by atoms with E-state index in [4.69, 9.17) is 0 Å². The van der Waals surface area contributed by atoms with Crippen LogP contribution < -0.4 is 5.32 Å². The van der Waals surface area contributed by atoms with Gasteiger partial charge in [-0.3, -0.25) is 4.98 Å².